The molecule has 108 valence electrons. The van der Waals surface area contributed by atoms with Gasteiger partial charge in [-0.15, -0.1) is 0 Å². The second kappa shape index (κ2) is 7.46. The molecular formula is C15H32N2O. The van der Waals surface area contributed by atoms with Crippen molar-refractivity contribution in [2.45, 2.75) is 59.1 Å². The molecule has 0 spiro atoms. The van der Waals surface area contributed by atoms with Crippen molar-refractivity contribution in [3.05, 3.63) is 0 Å². The fraction of sp³-hybridized carbons (Fsp3) is 1.00. The lowest BCUT2D eigenvalue weighted by Crippen LogP contribution is -2.50. The first-order valence-electron chi connectivity index (χ1n) is 7.48. The van der Waals surface area contributed by atoms with Crippen LogP contribution in [0.2, 0.25) is 0 Å². The van der Waals surface area contributed by atoms with Crippen LogP contribution in [0.3, 0.4) is 0 Å². The number of methoxy groups -OCH3 is 1. The van der Waals surface area contributed by atoms with Gasteiger partial charge in [0.2, 0.25) is 0 Å². The van der Waals surface area contributed by atoms with E-state index in [9.17, 15) is 0 Å². The second-order valence-electron chi connectivity index (χ2n) is 6.40. The van der Waals surface area contributed by atoms with Gasteiger partial charge in [-0.25, -0.2) is 0 Å². The molecule has 3 nitrogen and oxygen atoms in total. The topological polar surface area (TPSA) is 24.5 Å². The van der Waals surface area contributed by atoms with Gasteiger partial charge in [-0.3, -0.25) is 0 Å². The smallest absolute Gasteiger partial charge is 0.0698 e. The molecule has 1 aliphatic heterocycles. The molecular weight excluding hydrogens is 224 g/mol. The Morgan fingerprint density at radius 1 is 1.44 bits per heavy atom. The molecule has 0 aromatic carbocycles. The molecule has 0 saturated carbocycles. The zero-order valence-electron chi connectivity index (χ0n) is 13.0. The predicted molar refractivity (Wildman–Crippen MR) is 78.0 cm³/mol. The lowest BCUT2D eigenvalue weighted by atomic mass is 9.84. The maximum atomic E-state index is 5.50. The van der Waals surface area contributed by atoms with Crippen LogP contribution in [0.4, 0.5) is 0 Å². The van der Waals surface area contributed by atoms with Crippen LogP contribution in [-0.4, -0.2) is 50.3 Å². The summed E-state index contributed by atoms with van der Waals surface area (Å²) in [6.45, 7) is 13.9. The Morgan fingerprint density at radius 2 is 2.17 bits per heavy atom. The van der Waals surface area contributed by atoms with Crippen molar-refractivity contribution < 1.29 is 4.74 Å². The zero-order valence-corrected chi connectivity index (χ0v) is 13.0. The molecule has 0 amide bonds. The summed E-state index contributed by atoms with van der Waals surface area (Å²) in [5, 5.41) is 3.63. The molecule has 3 heteroatoms. The van der Waals surface area contributed by atoms with Crippen LogP contribution >= 0.6 is 0 Å². The molecule has 1 aliphatic rings. The highest BCUT2D eigenvalue weighted by Crippen LogP contribution is 2.24. The minimum Gasteiger partial charge on any atom is -0.380 e. The molecule has 18 heavy (non-hydrogen) atoms. The lowest BCUT2D eigenvalue weighted by Gasteiger charge is -2.40. The Hall–Kier alpha value is -0.120. The van der Waals surface area contributed by atoms with Crippen molar-refractivity contribution in [1.29, 1.82) is 0 Å². The van der Waals surface area contributed by atoms with Gasteiger partial charge in [0.1, 0.15) is 0 Å². The number of rotatable bonds is 7. The van der Waals surface area contributed by atoms with E-state index in [0.29, 0.717) is 17.6 Å². The highest BCUT2D eigenvalue weighted by molar-refractivity contribution is 4.86. The number of piperidine rings is 1. The van der Waals surface area contributed by atoms with E-state index in [1.54, 1.807) is 0 Å². The van der Waals surface area contributed by atoms with Crippen molar-refractivity contribution >= 4 is 0 Å². The molecule has 1 saturated heterocycles. The molecule has 0 radical (unpaired) electrons. The van der Waals surface area contributed by atoms with Gasteiger partial charge in [-0.05, 0) is 44.7 Å². The summed E-state index contributed by atoms with van der Waals surface area (Å²) in [6, 6.07) is 0.556. The third-order valence-corrected chi connectivity index (χ3v) is 4.30. The minimum atomic E-state index is 0.310. The van der Waals surface area contributed by atoms with E-state index < -0.39 is 0 Å². The van der Waals surface area contributed by atoms with E-state index in [1.807, 2.05) is 7.11 Å². The maximum absolute atomic E-state index is 5.50. The molecule has 0 bridgehead atoms. The Bertz CT molecular complexity index is 231. The molecule has 2 atom stereocenters. The zero-order chi connectivity index (χ0) is 13.6. The highest BCUT2D eigenvalue weighted by Gasteiger charge is 2.30. The van der Waals surface area contributed by atoms with E-state index >= 15 is 0 Å². The molecule has 1 heterocycles. The summed E-state index contributed by atoms with van der Waals surface area (Å²) < 4.78 is 5.50. The lowest BCUT2D eigenvalue weighted by molar-refractivity contribution is 0.0141. The van der Waals surface area contributed by atoms with Gasteiger partial charge in [0.25, 0.3) is 0 Å². The number of hydrogen-bond acceptors (Lipinski definition) is 3. The Morgan fingerprint density at radius 3 is 2.78 bits per heavy atom. The Balaban J connectivity index is 2.43. The van der Waals surface area contributed by atoms with Gasteiger partial charge in [-0.1, -0.05) is 20.8 Å². The summed E-state index contributed by atoms with van der Waals surface area (Å²) in [5.74, 6) is 0. The summed E-state index contributed by atoms with van der Waals surface area (Å²) in [5.41, 5.74) is 0.310. The van der Waals surface area contributed by atoms with Crippen molar-refractivity contribution in [1.82, 2.24) is 10.2 Å². The molecule has 1 fully saturated rings. The molecule has 0 aromatic rings. The van der Waals surface area contributed by atoms with Crippen LogP contribution < -0.4 is 5.32 Å². The average Bonchev–Trinajstić information content (AvgIpc) is 2.35. The van der Waals surface area contributed by atoms with Crippen molar-refractivity contribution in [3.63, 3.8) is 0 Å². The SMILES string of the molecule is CCCNC(C)C(C)(C)CN1CCCC(OC)C1. The molecule has 1 N–H and O–H groups in total. The fourth-order valence-corrected chi connectivity index (χ4v) is 2.70. The second-order valence-corrected chi connectivity index (χ2v) is 6.40. The molecule has 2 unspecified atom stereocenters. The van der Waals surface area contributed by atoms with Crippen LogP contribution in [0, 0.1) is 5.41 Å². The van der Waals surface area contributed by atoms with Gasteiger partial charge >= 0.3 is 0 Å². The quantitative estimate of drug-likeness (QED) is 0.757. The van der Waals surface area contributed by atoms with Gasteiger partial charge in [0, 0.05) is 26.2 Å². The van der Waals surface area contributed by atoms with Crippen LogP contribution in [-0.2, 0) is 4.74 Å². The summed E-state index contributed by atoms with van der Waals surface area (Å²) in [6.07, 6.45) is 4.13. The first-order chi connectivity index (χ1) is 8.49. The third kappa shape index (κ3) is 4.87. The van der Waals surface area contributed by atoms with Crippen molar-refractivity contribution in [2.75, 3.05) is 33.3 Å². The molecule has 0 aliphatic carbocycles. The van der Waals surface area contributed by atoms with Crippen LogP contribution in [0.15, 0.2) is 0 Å². The first-order valence-corrected chi connectivity index (χ1v) is 7.48. The van der Waals surface area contributed by atoms with Crippen molar-refractivity contribution in [3.8, 4) is 0 Å². The summed E-state index contributed by atoms with van der Waals surface area (Å²) in [7, 11) is 1.84. The summed E-state index contributed by atoms with van der Waals surface area (Å²) >= 11 is 0. The fourth-order valence-electron chi connectivity index (χ4n) is 2.70. The standard InChI is InChI=1S/C15H32N2O/c1-6-9-16-13(2)15(3,4)12-17-10-7-8-14(11-17)18-5/h13-14,16H,6-12H2,1-5H3. The van der Waals surface area contributed by atoms with E-state index in [4.69, 9.17) is 4.74 Å². The maximum Gasteiger partial charge on any atom is 0.0698 e. The van der Waals surface area contributed by atoms with Crippen molar-refractivity contribution in [2.24, 2.45) is 5.41 Å². The van der Waals surface area contributed by atoms with Gasteiger partial charge in [-0.2, -0.15) is 0 Å². The monoisotopic (exact) mass is 256 g/mol. The Kier molecular flexibility index (Phi) is 6.61. The van der Waals surface area contributed by atoms with Crippen LogP contribution in [0.1, 0.15) is 47.0 Å². The van der Waals surface area contributed by atoms with Gasteiger partial charge < -0.3 is 15.0 Å². The summed E-state index contributed by atoms with van der Waals surface area (Å²) in [4.78, 5) is 2.57. The molecule has 1 rings (SSSR count). The van der Waals surface area contributed by atoms with Gasteiger partial charge in [0.15, 0.2) is 0 Å². The number of hydrogen-bond donors (Lipinski definition) is 1. The van der Waals surface area contributed by atoms with Crippen LogP contribution in [0.25, 0.3) is 0 Å². The minimum absolute atomic E-state index is 0.310. The average molecular weight is 256 g/mol. The van der Waals surface area contributed by atoms with E-state index in [2.05, 4.69) is 37.9 Å². The number of likely N-dealkylation sites (tertiary alicyclic amines) is 1. The number of nitrogens with zero attached hydrogens (tertiary/aromatic N) is 1. The first kappa shape index (κ1) is 15.9. The Labute approximate surface area is 113 Å². The largest absolute Gasteiger partial charge is 0.380 e. The van der Waals surface area contributed by atoms with Gasteiger partial charge in [0.05, 0.1) is 6.10 Å². The van der Waals surface area contributed by atoms with E-state index in [-0.39, 0.29) is 0 Å². The number of ether oxygens (including phenoxy) is 1. The van der Waals surface area contributed by atoms with E-state index in [0.717, 1.165) is 19.6 Å². The number of nitrogens with one attached hydrogen (secondary N) is 1. The normalized spacial score (nSPS) is 24.2. The third-order valence-electron chi connectivity index (χ3n) is 4.30. The predicted octanol–water partition coefficient (Wildman–Crippen LogP) is 2.51. The van der Waals surface area contributed by atoms with E-state index in [1.165, 1.54) is 25.8 Å². The molecule has 0 aromatic heterocycles. The van der Waals surface area contributed by atoms with Crippen LogP contribution in [0.5, 0.6) is 0 Å². The highest BCUT2D eigenvalue weighted by atomic mass is 16.5.